The fourth-order valence-corrected chi connectivity index (χ4v) is 1.57. The lowest BCUT2D eigenvalue weighted by Crippen LogP contribution is -1.83. The summed E-state index contributed by atoms with van der Waals surface area (Å²) in [5, 5.41) is 8.00. The number of hydrogen-bond donors (Lipinski definition) is 1. The fraction of sp³-hybridized carbons (Fsp3) is 0. The molecule has 0 bridgehead atoms. The Balaban J connectivity index is 1.97. The molecule has 2 N–H and O–H groups in total. The van der Waals surface area contributed by atoms with E-state index in [9.17, 15) is 0 Å². The first-order valence-corrected chi connectivity index (χ1v) is 5.43. The molecule has 0 saturated heterocycles. The number of anilines is 1. The zero-order valence-corrected chi connectivity index (χ0v) is 9.45. The van der Waals surface area contributed by atoms with Gasteiger partial charge in [0.05, 0.1) is 5.56 Å². The number of nitrogen functional groups attached to an aromatic ring is 1. The van der Waals surface area contributed by atoms with Crippen molar-refractivity contribution in [1.29, 1.82) is 0 Å². The maximum Gasteiger partial charge on any atom is 0.249 e. The second-order valence-electron chi connectivity index (χ2n) is 3.78. The minimum Gasteiger partial charge on any atom is -0.416 e. The third kappa shape index (κ3) is 1.93. The molecule has 0 aliphatic heterocycles. The van der Waals surface area contributed by atoms with Crippen LogP contribution in [0.25, 0.3) is 22.9 Å². The quantitative estimate of drug-likeness (QED) is 0.693. The molecule has 0 saturated carbocycles. The fourth-order valence-electron chi connectivity index (χ4n) is 1.57. The van der Waals surface area contributed by atoms with E-state index in [1.165, 1.54) is 0 Å². The first kappa shape index (κ1) is 10.5. The average Bonchev–Trinajstić information content (AvgIpc) is 2.90. The van der Waals surface area contributed by atoms with Crippen LogP contribution in [0.15, 0.2) is 53.2 Å². The maximum atomic E-state index is 5.63. The Labute approximate surface area is 103 Å². The molecule has 1 aromatic carbocycles. The van der Waals surface area contributed by atoms with E-state index in [1.54, 1.807) is 24.5 Å². The molecule has 88 valence electrons. The molecular weight excluding hydrogens is 228 g/mol. The molecule has 0 aliphatic carbocycles. The lowest BCUT2D eigenvalue weighted by atomic mass is 10.2. The number of benzene rings is 1. The Morgan fingerprint density at radius 1 is 0.889 bits per heavy atom. The molecule has 18 heavy (non-hydrogen) atoms. The minimum absolute atomic E-state index is 0.454. The largest absolute Gasteiger partial charge is 0.416 e. The van der Waals surface area contributed by atoms with Crippen molar-refractivity contribution in [2.24, 2.45) is 0 Å². The molecule has 3 rings (SSSR count). The molecule has 2 aromatic heterocycles. The summed E-state index contributed by atoms with van der Waals surface area (Å²) in [6.45, 7) is 0. The topological polar surface area (TPSA) is 77.8 Å². The van der Waals surface area contributed by atoms with Crippen LogP contribution in [0, 0.1) is 0 Å². The van der Waals surface area contributed by atoms with Gasteiger partial charge in [-0.25, -0.2) is 0 Å². The highest BCUT2D eigenvalue weighted by atomic mass is 16.4. The van der Waals surface area contributed by atoms with Gasteiger partial charge in [-0.05, 0) is 36.4 Å². The number of hydrogen-bond acceptors (Lipinski definition) is 5. The lowest BCUT2D eigenvalue weighted by molar-refractivity contribution is 0.584. The van der Waals surface area contributed by atoms with Gasteiger partial charge in [-0.2, -0.15) is 0 Å². The van der Waals surface area contributed by atoms with Crippen LogP contribution in [-0.4, -0.2) is 15.2 Å². The molecule has 2 heterocycles. The van der Waals surface area contributed by atoms with Crippen molar-refractivity contribution in [3.8, 4) is 22.9 Å². The van der Waals surface area contributed by atoms with E-state index in [0.717, 1.165) is 11.1 Å². The van der Waals surface area contributed by atoms with Crippen molar-refractivity contribution in [3.05, 3.63) is 48.8 Å². The maximum absolute atomic E-state index is 5.63. The summed E-state index contributed by atoms with van der Waals surface area (Å²) in [6, 6.07) is 11.0. The zero-order valence-electron chi connectivity index (χ0n) is 9.45. The Morgan fingerprint density at radius 3 is 2.28 bits per heavy atom. The van der Waals surface area contributed by atoms with Gasteiger partial charge in [-0.15, -0.1) is 10.2 Å². The minimum atomic E-state index is 0.454. The number of nitrogens with zero attached hydrogens (tertiary/aromatic N) is 3. The Hall–Kier alpha value is -2.69. The van der Waals surface area contributed by atoms with E-state index in [2.05, 4.69) is 15.2 Å². The summed E-state index contributed by atoms with van der Waals surface area (Å²) >= 11 is 0. The van der Waals surface area contributed by atoms with Crippen LogP contribution >= 0.6 is 0 Å². The van der Waals surface area contributed by atoms with Crippen LogP contribution < -0.4 is 5.73 Å². The van der Waals surface area contributed by atoms with Crippen molar-refractivity contribution in [2.75, 3.05) is 5.73 Å². The van der Waals surface area contributed by atoms with Crippen molar-refractivity contribution in [2.45, 2.75) is 0 Å². The van der Waals surface area contributed by atoms with Crippen molar-refractivity contribution in [1.82, 2.24) is 15.2 Å². The van der Waals surface area contributed by atoms with E-state index in [1.807, 2.05) is 24.3 Å². The number of rotatable bonds is 2. The van der Waals surface area contributed by atoms with Gasteiger partial charge in [0.15, 0.2) is 0 Å². The Morgan fingerprint density at radius 2 is 1.61 bits per heavy atom. The van der Waals surface area contributed by atoms with Crippen LogP contribution in [0.3, 0.4) is 0 Å². The molecule has 0 fully saturated rings. The number of pyridine rings is 1. The van der Waals surface area contributed by atoms with Crippen LogP contribution in [0.5, 0.6) is 0 Å². The first-order chi connectivity index (χ1) is 8.83. The summed E-state index contributed by atoms with van der Waals surface area (Å²) in [7, 11) is 0. The third-order valence-electron chi connectivity index (χ3n) is 2.49. The molecule has 5 nitrogen and oxygen atoms in total. The second-order valence-corrected chi connectivity index (χ2v) is 3.78. The average molecular weight is 238 g/mol. The summed E-state index contributed by atoms with van der Waals surface area (Å²) in [5.74, 6) is 0.920. The highest BCUT2D eigenvalue weighted by Gasteiger charge is 2.09. The van der Waals surface area contributed by atoms with E-state index >= 15 is 0 Å². The van der Waals surface area contributed by atoms with Crippen molar-refractivity contribution < 1.29 is 4.42 Å². The Bertz CT molecular complexity index is 646. The molecule has 0 aliphatic rings. The van der Waals surface area contributed by atoms with Gasteiger partial charge in [0, 0.05) is 23.6 Å². The summed E-state index contributed by atoms with van der Waals surface area (Å²) in [4.78, 5) is 4.01. The van der Waals surface area contributed by atoms with Crippen LogP contribution in [-0.2, 0) is 0 Å². The SMILES string of the molecule is Nc1ccc(-c2nnc(-c3cccnc3)o2)cc1. The van der Waals surface area contributed by atoms with Gasteiger partial charge in [0.25, 0.3) is 0 Å². The summed E-state index contributed by atoms with van der Waals surface area (Å²) in [5.41, 5.74) is 7.96. The van der Waals surface area contributed by atoms with Gasteiger partial charge in [0.2, 0.25) is 11.8 Å². The molecular formula is C13H10N4O. The van der Waals surface area contributed by atoms with E-state index in [0.29, 0.717) is 17.5 Å². The van der Waals surface area contributed by atoms with Crippen LogP contribution in [0.1, 0.15) is 0 Å². The van der Waals surface area contributed by atoms with E-state index < -0.39 is 0 Å². The van der Waals surface area contributed by atoms with Gasteiger partial charge in [0.1, 0.15) is 0 Å². The van der Waals surface area contributed by atoms with E-state index in [4.69, 9.17) is 10.2 Å². The molecule has 0 amide bonds. The van der Waals surface area contributed by atoms with Gasteiger partial charge >= 0.3 is 0 Å². The zero-order chi connectivity index (χ0) is 12.4. The first-order valence-electron chi connectivity index (χ1n) is 5.43. The van der Waals surface area contributed by atoms with Gasteiger partial charge in [-0.1, -0.05) is 0 Å². The standard InChI is InChI=1S/C13H10N4O/c14-11-5-3-9(4-6-11)12-16-17-13(18-12)10-2-1-7-15-8-10/h1-8H,14H2. The van der Waals surface area contributed by atoms with Crippen LogP contribution in [0.4, 0.5) is 5.69 Å². The Kier molecular flexibility index (Phi) is 2.49. The smallest absolute Gasteiger partial charge is 0.249 e. The highest BCUT2D eigenvalue weighted by Crippen LogP contribution is 2.23. The van der Waals surface area contributed by atoms with Gasteiger partial charge < -0.3 is 10.2 Å². The normalized spacial score (nSPS) is 10.4. The molecule has 5 heteroatoms. The summed E-state index contributed by atoms with van der Waals surface area (Å²) < 4.78 is 5.59. The van der Waals surface area contributed by atoms with Crippen molar-refractivity contribution in [3.63, 3.8) is 0 Å². The van der Waals surface area contributed by atoms with Crippen molar-refractivity contribution >= 4 is 5.69 Å². The number of nitrogens with two attached hydrogens (primary N) is 1. The molecule has 3 aromatic rings. The third-order valence-corrected chi connectivity index (χ3v) is 2.49. The van der Waals surface area contributed by atoms with Crippen LogP contribution in [0.2, 0.25) is 0 Å². The molecule has 0 atom stereocenters. The van der Waals surface area contributed by atoms with E-state index in [-0.39, 0.29) is 0 Å². The second kappa shape index (κ2) is 4.29. The highest BCUT2D eigenvalue weighted by molar-refractivity contribution is 5.59. The predicted octanol–water partition coefficient (Wildman–Crippen LogP) is 2.38. The number of aromatic nitrogens is 3. The molecule has 0 radical (unpaired) electrons. The monoisotopic (exact) mass is 238 g/mol. The predicted molar refractivity (Wildman–Crippen MR) is 67.4 cm³/mol. The summed E-state index contributed by atoms with van der Waals surface area (Å²) in [6.07, 6.45) is 3.38. The molecule has 0 spiro atoms. The lowest BCUT2D eigenvalue weighted by Gasteiger charge is -1.95. The van der Waals surface area contributed by atoms with Gasteiger partial charge in [-0.3, -0.25) is 4.98 Å². The molecule has 0 unspecified atom stereocenters.